The van der Waals surface area contributed by atoms with Crippen molar-refractivity contribution in [3.8, 4) is 12.1 Å². The number of nitrogens with zero attached hydrogens (tertiary/aromatic N) is 3. The van der Waals surface area contributed by atoms with Gasteiger partial charge in [-0.05, 0) is 48.3 Å². The maximum absolute atomic E-state index is 10.9. The summed E-state index contributed by atoms with van der Waals surface area (Å²) in [5.41, 5.74) is 7.43. The van der Waals surface area contributed by atoms with Gasteiger partial charge in [-0.2, -0.15) is 10.5 Å². The maximum atomic E-state index is 10.9. The molecule has 2 aliphatic heterocycles. The lowest BCUT2D eigenvalue weighted by molar-refractivity contribution is 0.185. The first kappa shape index (κ1) is 21.2. The van der Waals surface area contributed by atoms with Crippen LogP contribution in [0.3, 0.4) is 0 Å². The zero-order chi connectivity index (χ0) is 21.4. The number of aliphatic imine (C=N–C) groups is 1. The van der Waals surface area contributed by atoms with Crippen LogP contribution in [0.15, 0.2) is 46.6 Å². The highest BCUT2D eigenvalue weighted by atomic mass is 32.2. The van der Waals surface area contributed by atoms with Crippen LogP contribution in [0, 0.1) is 33.5 Å². The van der Waals surface area contributed by atoms with E-state index in [2.05, 4.69) is 31.3 Å². The fourth-order valence-corrected chi connectivity index (χ4v) is 8.69. The van der Waals surface area contributed by atoms with Crippen LogP contribution in [-0.4, -0.2) is 21.5 Å². The predicted octanol–water partition coefficient (Wildman–Crippen LogP) is 4.71. The zero-order valence-corrected chi connectivity index (χ0v) is 19.1. The normalized spacial score (nSPS) is 31.6. The van der Waals surface area contributed by atoms with Gasteiger partial charge in [-0.15, -0.1) is 23.5 Å². The van der Waals surface area contributed by atoms with Gasteiger partial charge in [-0.3, -0.25) is 0 Å². The Kier molecular flexibility index (Phi) is 5.55. The number of allylic oxidation sites excluding steroid dienone is 1. The molecule has 30 heavy (non-hydrogen) atoms. The molecule has 0 amide bonds. The van der Waals surface area contributed by atoms with Crippen LogP contribution < -0.4 is 11.1 Å². The minimum absolute atomic E-state index is 0.284. The largest absolute Gasteiger partial charge is 0.386 e. The summed E-state index contributed by atoms with van der Waals surface area (Å²) in [6.07, 6.45) is 3.80. The standard InChI is InChI=1S/C23H27N5S2/c1-3-29-23(30-4-2)22(15-25)17-12-8-9-13-18(17)27-19(16-10-6-5-7-11-16)21(22,14-24)20(26)28-23/h5-7,10-11,19,27H,3-4,8-9,12-13H2,1-2H3,(H2,26,28)/t19-,21-,22-/m1/s1. The molecule has 0 spiro atoms. The van der Waals surface area contributed by atoms with E-state index in [1.54, 1.807) is 23.5 Å². The molecule has 156 valence electrons. The minimum atomic E-state index is -1.26. The summed E-state index contributed by atoms with van der Waals surface area (Å²) in [6.45, 7) is 4.16. The summed E-state index contributed by atoms with van der Waals surface area (Å²) in [5, 5.41) is 25.4. The molecule has 3 N–H and O–H groups in total. The van der Waals surface area contributed by atoms with Crippen molar-refractivity contribution in [1.82, 2.24) is 5.32 Å². The Morgan fingerprint density at radius 2 is 1.77 bits per heavy atom. The van der Waals surface area contributed by atoms with Crippen molar-refractivity contribution >= 4 is 29.4 Å². The Bertz CT molecular complexity index is 968. The maximum Gasteiger partial charge on any atom is 0.178 e. The number of hydrogen-bond donors (Lipinski definition) is 2. The molecule has 4 rings (SSSR count). The van der Waals surface area contributed by atoms with Gasteiger partial charge in [0.05, 0.1) is 18.2 Å². The molecule has 0 saturated carbocycles. The fraction of sp³-hybridized carbons (Fsp3) is 0.522. The summed E-state index contributed by atoms with van der Waals surface area (Å²) in [7, 11) is 0. The monoisotopic (exact) mass is 437 g/mol. The Morgan fingerprint density at radius 1 is 1.10 bits per heavy atom. The van der Waals surface area contributed by atoms with Crippen molar-refractivity contribution in [3.05, 3.63) is 47.2 Å². The van der Waals surface area contributed by atoms with Crippen molar-refractivity contribution in [2.45, 2.75) is 49.8 Å². The van der Waals surface area contributed by atoms with Crippen LogP contribution in [0.1, 0.15) is 51.1 Å². The van der Waals surface area contributed by atoms with E-state index < -0.39 is 21.1 Å². The number of nitriles is 2. The molecule has 1 aromatic rings. The van der Waals surface area contributed by atoms with Gasteiger partial charge in [0.1, 0.15) is 5.84 Å². The van der Waals surface area contributed by atoms with Gasteiger partial charge in [0.2, 0.25) is 0 Å². The van der Waals surface area contributed by atoms with Crippen LogP contribution in [0.4, 0.5) is 0 Å². The van der Waals surface area contributed by atoms with Crippen LogP contribution in [0.5, 0.6) is 0 Å². The average Bonchev–Trinajstić information content (AvgIpc) is 2.99. The minimum Gasteiger partial charge on any atom is -0.386 e. The molecule has 0 aromatic heterocycles. The number of nitrogens with two attached hydrogens (primary N) is 1. The Morgan fingerprint density at radius 3 is 2.37 bits per heavy atom. The van der Waals surface area contributed by atoms with Gasteiger partial charge < -0.3 is 11.1 Å². The third-order valence-electron chi connectivity index (χ3n) is 6.57. The third-order valence-corrected chi connectivity index (χ3v) is 9.43. The molecule has 0 radical (unpaired) electrons. The molecule has 3 atom stereocenters. The van der Waals surface area contributed by atoms with Gasteiger partial charge in [0.15, 0.2) is 15.0 Å². The zero-order valence-electron chi connectivity index (χ0n) is 17.4. The molecule has 0 bridgehead atoms. The average molecular weight is 438 g/mol. The van der Waals surface area contributed by atoms with Gasteiger partial charge in [-0.25, -0.2) is 4.99 Å². The highest BCUT2D eigenvalue weighted by molar-refractivity contribution is 8.18. The molecule has 1 aliphatic carbocycles. The van der Waals surface area contributed by atoms with Crippen LogP contribution in [0.25, 0.3) is 0 Å². The number of benzene rings is 1. The van der Waals surface area contributed by atoms with E-state index in [1.807, 2.05) is 30.3 Å². The van der Waals surface area contributed by atoms with E-state index in [9.17, 15) is 10.5 Å². The number of amidine groups is 1. The van der Waals surface area contributed by atoms with Crippen LogP contribution in [-0.2, 0) is 0 Å². The lowest BCUT2D eigenvalue weighted by Gasteiger charge is -2.54. The van der Waals surface area contributed by atoms with Gasteiger partial charge in [-0.1, -0.05) is 44.2 Å². The molecule has 5 nitrogen and oxygen atoms in total. The molecule has 0 unspecified atom stereocenters. The topological polar surface area (TPSA) is 98.0 Å². The van der Waals surface area contributed by atoms with E-state index in [1.165, 1.54) is 0 Å². The van der Waals surface area contributed by atoms with Gasteiger partial charge in [0.25, 0.3) is 0 Å². The molecule has 2 heterocycles. The van der Waals surface area contributed by atoms with Crippen molar-refractivity contribution in [3.63, 3.8) is 0 Å². The fourth-order valence-electron chi connectivity index (χ4n) is 5.45. The van der Waals surface area contributed by atoms with E-state index in [0.29, 0.717) is 0 Å². The molecule has 7 heteroatoms. The lowest BCUT2D eigenvalue weighted by atomic mass is 9.53. The molecule has 0 saturated heterocycles. The second-order valence-electron chi connectivity index (χ2n) is 7.88. The van der Waals surface area contributed by atoms with Crippen molar-refractivity contribution in [2.75, 3.05) is 11.5 Å². The molecule has 1 aromatic carbocycles. The van der Waals surface area contributed by atoms with E-state index in [0.717, 1.165) is 54.0 Å². The molecular weight excluding hydrogens is 410 g/mol. The summed E-state index contributed by atoms with van der Waals surface area (Å²) >= 11 is 3.30. The third kappa shape index (κ3) is 2.52. The number of rotatable bonds is 5. The molecule has 0 fully saturated rings. The Balaban J connectivity index is 2.09. The second-order valence-corrected chi connectivity index (χ2v) is 11.1. The quantitative estimate of drug-likeness (QED) is 0.647. The summed E-state index contributed by atoms with van der Waals surface area (Å²) < 4.78 is -0.821. The SMILES string of the molecule is CCSC1(SCC)N=C(N)[C@@]2(C#N)[C@@H](c3ccccc3)NC3=C(CCCC3)[C@@]12C#N. The number of thioether (sulfide) groups is 2. The van der Waals surface area contributed by atoms with Gasteiger partial charge in [0, 0.05) is 5.70 Å². The first-order valence-electron chi connectivity index (χ1n) is 10.6. The highest BCUT2D eigenvalue weighted by Gasteiger charge is 2.77. The van der Waals surface area contributed by atoms with Gasteiger partial charge >= 0.3 is 0 Å². The Hall–Kier alpha value is -2.09. The second kappa shape index (κ2) is 7.87. The first-order chi connectivity index (χ1) is 14.6. The van der Waals surface area contributed by atoms with E-state index in [-0.39, 0.29) is 5.84 Å². The summed E-state index contributed by atoms with van der Waals surface area (Å²) in [6, 6.07) is 14.8. The molecular formula is C23H27N5S2. The van der Waals surface area contributed by atoms with Crippen LogP contribution in [0.2, 0.25) is 0 Å². The smallest absolute Gasteiger partial charge is 0.178 e. The molecule has 3 aliphatic rings. The van der Waals surface area contributed by atoms with Crippen molar-refractivity contribution < 1.29 is 0 Å². The van der Waals surface area contributed by atoms with Crippen molar-refractivity contribution in [1.29, 1.82) is 10.5 Å². The van der Waals surface area contributed by atoms with E-state index >= 15 is 0 Å². The number of fused-ring (bicyclic) bond motifs is 2. The number of hydrogen-bond acceptors (Lipinski definition) is 7. The Labute approximate surface area is 187 Å². The lowest BCUT2D eigenvalue weighted by Crippen LogP contribution is -2.62. The first-order valence-corrected chi connectivity index (χ1v) is 12.5. The predicted molar refractivity (Wildman–Crippen MR) is 125 cm³/mol. The summed E-state index contributed by atoms with van der Waals surface area (Å²) in [4.78, 5) is 5.00. The van der Waals surface area contributed by atoms with Crippen molar-refractivity contribution in [2.24, 2.45) is 21.6 Å². The summed E-state index contributed by atoms with van der Waals surface area (Å²) in [5.74, 6) is 1.87. The number of nitrogens with one attached hydrogen (secondary N) is 1. The van der Waals surface area contributed by atoms with Crippen LogP contribution >= 0.6 is 23.5 Å². The van der Waals surface area contributed by atoms with E-state index in [4.69, 9.17) is 10.7 Å². The highest BCUT2D eigenvalue weighted by Crippen LogP contribution is 2.72.